The molecule has 0 radical (unpaired) electrons. The Morgan fingerprint density at radius 1 is 1.23 bits per heavy atom. The molecule has 136 valence electrons. The van der Waals surface area contributed by atoms with E-state index in [2.05, 4.69) is 15.4 Å². The molecule has 0 aliphatic heterocycles. The number of nitrogens with zero attached hydrogens (tertiary/aromatic N) is 3. The van der Waals surface area contributed by atoms with E-state index >= 15 is 0 Å². The summed E-state index contributed by atoms with van der Waals surface area (Å²) < 4.78 is 39.5. The SMILES string of the molecule is Cc1nn(-c2ccccc2)c(C)c1CC(=O)Nc1nc(C(F)(F)F)cs1. The van der Waals surface area contributed by atoms with Crippen LogP contribution in [0.2, 0.25) is 0 Å². The molecule has 0 atom stereocenters. The number of amides is 1. The second kappa shape index (κ2) is 6.91. The number of anilines is 1. The summed E-state index contributed by atoms with van der Waals surface area (Å²) in [4.78, 5) is 15.6. The molecule has 0 saturated carbocycles. The fourth-order valence-corrected chi connectivity index (χ4v) is 3.27. The van der Waals surface area contributed by atoms with E-state index in [0.29, 0.717) is 5.69 Å². The fourth-order valence-electron chi connectivity index (χ4n) is 2.54. The molecule has 0 bridgehead atoms. The highest BCUT2D eigenvalue weighted by Crippen LogP contribution is 2.31. The number of aromatic nitrogens is 3. The van der Waals surface area contributed by atoms with Crippen molar-refractivity contribution in [2.45, 2.75) is 26.4 Å². The second-order valence-electron chi connectivity index (χ2n) is 5.66. The van der Waals surface area contributed by atoms with Crippen LogP contribution >= 0.6 is 11.3 Å². The van der Waals surface area contributed by atoms with E-state index in [1.807, 2.05) is 37.3 Å². The summed E-state index contributed by atoms with van der Waals surface area (Å²) in [6, 6.07) is 9.47. The van der Waals surface area contributed by atoms with Gasteiger partial charge in [-0.1, -0.05) is 18.2 Å². The molecule has 9 heteroatoms. The number of para-hydroxylation sites is 1. The molecule has 0 aliphatic rings. The minimum atomic E-state index is -4.52. The molecule has 3 rings (SSSR count). The van der Waals surface area contributed by atoms with Crippen molar-refractivity contribution in [3.8, 4) is 5.69 Å². The van der Waals surface area contributed by atoms with Gasteiger partial charge in [0.05, 0.1) is 17.8 Å². The number of aryl methyl sites for hydroxylation is 1. The van der Waals surface area contributed by atoms with Crippen LogP contribution < -0.4 is 5.32 Å². The molecule has 1 aromatic carbocycles. The minimum Gasteiger partial charge on any atom is -0.302 e. The first-order chi connectivity index (χ1) is 12.3. The first kappa shape index (κ1) is 18.1. The van der Waals surface area contributed by atoms with E-state index < -0.39 is 17.8 Å². The van der Waals surface area contributed by atoms with Crippen LogP contribution in [-0.2, 0) is 17.4 Å². The number of halogens is 3. The van der Waals surface area contributed by atoms with Crippen LogP contribution in [0.15, 0.2) is 35.7 Å². The molecule has 1 amide bonds. The Balaban J connectivity index is 1.76. The highest BCUT2D eigenvalue weighted by molar-refractivity contribution is 7.13. The van der Waals surface area contributed by atoms with E-state index in [0.717, 1.165) is 33.7 Å². The van der Waals surface area contributed by atoms with Crippen LogP contribution in [0.5, 0.6) is 0 Å². The van der Waals surface area contributed by atoms with Crippen molar-refractivity contribution in [2.75, 3.05) is 5.32 Å². The smallest absolute Gasteiger partial charge is 0.302 e. The zero-order valence-corrected chi connectivity index (χ0v) is 14.8. The Kier molecular flexibility index (Phi) is 4.82. The number of nitrogens with one attached hydrogen (secondary N) is 1. The predicted molar refractivity (Wildman–Crippen MR) is 92.5 cm³/mol. The van der Waals surface area contributed by atoms with Gasteiger partial charge in [-0.05, 0) is 26.0 Å². The molecule has 0 aliphatic carbocycles. The van der Waals surface area contributed by atoms with Gasteiger partial charge < -0.3 is 5.32 Å². The molecule has 0 unspecified atom stereocenters. The largest absolute Gasteiger partial charge is 0.434 e. The van der Waals surface area contributed by atoms with Gasteiger partial charge in [-0.15, -0.1) is 11.3 Å². The van der Waals surface area contributed by atoms with Gasteiger partial charge in [0.25, 0.3) is 0 Å². The molecular formula is C17H15F3N4OS. The molecule has 1 N–H and O–H groups in total. The van der Waals surface area contributed by atoms with Crippen molar-refractivity contribution in [3.63, 3.8) is 0 Å². The van der Waals surface area contributed by atoms with Gasteiger partial charge in [0, 0.05) is 16.6 Å². The van der Waals surface area contributed by atoms with E-state index in [9.17, 15) is 18.0 Å². The average Bonchev–Trinajstić information content (AvgIpc) is 3.15. The molecule has 2 heterocycles. The molecule has 2 aromatic heterocycles. The Morgan fingerprint density at radius 3 is 2.54 bits per heavy atom. The van der Waals surface area contributed by atoms with Crippen molar-refractivity contribution in [1.29, 1.82) is 0 Å². The quantitative estimate of drug-likeness (QED) is 0.740. The van der Waals surface area contributed by atoms with Crippen molar-refractivity contribution in [3.05, 3.63) is 58.4 Å². The first-order valence-corrected chi connectivity index (χ1v) is 8.57. The Hall–Kier alpha value is -2.68. The third kappa shape index (κ3) is 3.77. The summed E-state index contributed by atoms with van der Waals surface area (Å²) in [7, 11) is 0. The van der Waals surface area contributed by atoms with E-state index in [4.69, 9.17) is 0 Å². The topological polar surface area (TPSA) is 59.8 Å². The van der Waals surface area contributed by atoms with Gasteiger partial charge in [0.2, 0.25) is 5.91 Å². The standard InChI is InChI=1S/C17H15F3N4OS/c1-10-13(11(2)24(23-10)12-6-4-3-5-7-12)8-15(25)22-16-21-14(9-26-16)17(18,19)20/h3-7,9H,8H2,1-2H3,(H,21,22,25). The van der Waals surface area contributed by atoms with Crippen LogP contribution in [0.25, 0.3) is 5.69 Å². The van der Waals surface area contributed by atoms with Crippen molar-refractivity contribution < 1.29 is 18.0 Å². The van der Waals surface area contributed by atoms with Gasteiger partial charge in [-0.2, -0.15) is 18.3 Å². The van der Waals surface area contributed by atoms with Crippen molar-refractivity contribution in [2.24, 2.45) is 0 Å². The number of hydrogen-bond acceptors (Lipinski definition) is 4. The zero-order chi connectivity index (χ0) is 18.9. The van der Waals surface area contributed by atoms with Crippen LogP contribution in [0.4, 0.5) is 18.3 Å². The molecule has 26 heavy (non-hydrogen) atoms. The minimum absolute atomic E-state index is 0.00539. The Morgan fingerprint density at radius 2 is 1.92 bits per heavy atom. The number of rotatable bonds is 4. The number of carbonyl (C=O) groups excluding carboxylic acids is 1. The number of carbonyl (C=O) groups is 1. The number of benzene rings is 1. The highest BCUT2D eigenvalue weighted by Gasteiger charge is 2.34. The molecule has 5 nitrogen and oxygen atoms in total. The monoisotopic (exact) mass is 380 g/mol. The lowest BCUT2D eigenvalue weighted by atomic mass is 10.1. The third-order valence-electron chi connectivity index (χ3n) is 3.82. The van der Waals surface area contributed by atoms with Gasteiger partial charge in [-0.3, -0.25) is 4.79 Å². The maximum atomic E-state index is 12.6. The summed E-state index contributed by atoms with van der Waals surface area (Å²) >= 11 is 0.742. The normalized spacial score (nSPS) is 11.6. The van der Waals surface area contributed by atoms with Gasteiger partial charge >= 0.3 is 6.18 Å². The van der Waals surface area contributed by atoms with Crippen LogP contribution in [0, 0.1) is 13.8 Å². The molecular weight excluding hydrogens is 365 g/mol. The summed E-state index contributed by atoms with van der Waals surface area (Å²) in [6.07, 6.45) is -4.52. The summed E-state index contributed by atoms with van der Waals surface area (Å²) in [5, 5.41) is 7.67. The Bertz CT molecular complexity index is 931. The van der Waals surface area contributed by atoms with Gasteiger partial charge in [0.15, 0.2) is 10.8 Å². The number of thiazole rings is 1. The summed E-state index contributed by atoms with van der Waals surface area (Å²) in [5.74, 6) is -0.438. The second-order valence-corrected chi connectivity index (χ2v) is 6.52. The molecule has 3 aromatic rings. The zero-order valence-electron chi connectivity index (χ0n) is 14.0. The van der Waals surface area contributed by atoms with Crippen LogP contribution in [0.3, 0.4) is 0 Å². The maximum absolute atomic E-state index is 12.6. The fraction of sp³-hybridized carbons (Fsp3) is 0.235. The lowest BCUT2D eigenvalue weighted by Crippen LogP contribution is -2.15. The lowest BCUT2D eigenvalue weighted by molar-refractivity contribution is -0.140. The third-order valence-corrected chi connectivity index (χ3v) is 4.58. The lowest BCUT2D eigenvalue weighted by Gasteiger charge is -2.05. The number of hydrogen-bond donors (Lipinski definition) is 1. The van der Waals surface area contributed by atoms with E-state index in [-0.39, 0.29) is 11.6 Å². The van der Waals surface area contributed by atoms with Crippen LogP contribution in [0.1, 0.15) is 22.6 Å². The van der Waals surface area contributed by atoms with E-state index in [1.165, 1.54) is 0 Å². The maximum Gasteiger partial charge on any atom is 0.434 e. The summed E-state index contributed by atoms with van der Waals surface area (Å²) in [5.41, 5.74) is 2.09. The van der Waals surface area contributed by atoms with E-state index in [1.54, 1.807) is 11.6 Å². The van der Waals surface area contributed by atoms with Crippen LogP contribution in [-0.4, -0.2) is 20.7 Å². The summed E-state index contributed by atoms with van der Waals surface area (Å²) in [6.45, 7) is 3.64. The highest BCUT2D eigenvalue weighted by atomic mass is 32.1. The van der Waals surface area contributed by atoms with Crippen molar-refractivity contribution >= 4 is 22.4 Å². The first-order valence-electron chi connectivity index (χ1n) is 7.69. The molecule has 0 fully saturated rings. The molecule has 0 saturated heterocycles. The predicted octanol–water partition coefficient (Wildman–Crippen LogP) is 4.15. The number of alkyl halides is 3. The average molecular weight is 380 g/mol. The van der Waals surface area contributed by atoms with Gasteiger partial charge in [-0.25, -0.2) is 9.67 Å². The van der Waals surface area contributed by atoms with Crippen molar-refractivity contribution in [1.82, 2.24) is 14.8 Å². The Labute approximate surface area is 151 Å². The molecule has 0 spiro atoms. The van der Waals surface area contributed by atoms with Gasteiger partial charge in [0.1, 0.15) is 0 Å².